The average molecular weight is 290 g/mol. The van der Waals surface area contributed by atoms with Crippen molar-refractivity contribution >= 4 is 11.6 Å². The third kappa shape index (κ3) is 3.66. The third-order valence-electron chi connectivity index (χ3n) is 4.50. The first-order chi connectivity index (χ1) is 10.2. The van der Waals surface area contributed by atoms with Crippen LogP contribution in [0.25, 0.3) is 0 Å². The molecule has 2 rings (SSSR count). The van der Waals surface area contributed by atoms with Gasteiger partial charge in [0.1, 0.15) is 17.5 Å². The van der Waals surface area contributed by atoms with Crippen LogP contribution in [0.4, 0.5) is 11.6 Å². The number of rotatable bonds is 5. The summed E-state index contributed by atoms with van der Waals surface area (Å²) in [6, 6.07) is 0.625. The van der Waals surface area contributed by atoms with Gasteiger partial charge in [-0.05, 0) is 32.6 Å². The van der Waals surface area contributed by atoms with Gasteiger partial charge < -0.3 is 10.2 Å². The molecular formula is C17H30N4. The van der Waals surface area contributed by atoms with E-state index in [4.69, 9.17) is 4.98 Å². The van der Waals surface area contributed by atoms with E-state index >= 15 is 0 Å². The van der Waals surface area contributed by atoms with Crippen molar-refractivity contribution in [3.63, 3.8) is 0 Å². The Morgan fingerprint density at radius 3 is 2.67 bits per heavy atom. The Hall–Kier alpha value is -1.32. The minimum absolute atomic E-state index is 0.625. The molecular weight excluding hydrogens is 260 g/mol. The monoisotopic (exact) mass is 290 g/mol. The third-order valence-corrected chi connectivity index (χ3v) is 4.50. The van der Waals surface area contributed by atoms with Gasteiger partial charge in [0.25, 0.3) is 0 Å². The van der Waals surface area contributed by atoms with Crippen molar-refractivity contribution in [3.05, 3.63) is 11.4 Å². The van der Waals surface area contributed by atoms with E-state index in [1.54, 1.807) is 0 Å². The smallest absolute Gasteiger partial charge is 0.137 e. The Morgan fingerprint density at radius 1 is 1.19 bits per heavy atom. The Kier molecular flexibility index (Phi) is 5.83. The van der Waals surface area contributed by atoms with Gasteiger partial charge in [-0.3, -0.25) is 0 Å². The van der Waals surface area contributed by atoms with Crippen LogP contribution in [0.2, 0.25) is 0 Å². The highest BCUT2D eigenvalue weighted by Crippen LogP contribution is 2.30. The number of hydrogen-bond donors (Lipinski definition) is 1. The van der Waals surface area contributed by atoms with Crippen molar-refractivity contribution in [1.29, 1.82) is 0 Å². The van der Waals surface area contributed by atoms with E-state index in [9.17, 15) is 0 Å². The first-order valence-corrected chi connectivity index (χ1v) is 8.53. The fourth-order valence-electron chi connectivity index (χ4n) is 3.29. The maximum absolute atomic E-state index is 4.91. The van der Waals surface area contributed by atoms with Crippen LogP contribution >= 0.6 is 0 Å². The van der Waals surface area contributed by atoms with Gasteiger partial charge in [0.2, 0.25) is 0 Å². The van der Waals surface area contributed by atoms with Crippen LogP contribution in [0.3, 0.4) is 0 Å². The second-order valence-electron chi connectivity index (χ2n) is 6.04. The van der Waals surface area contributed by atoms with E-state index in [0.29, 0.717) is 6.04 Å². The van der Waals surface area contributed by atoms with Gasteiger partial charge in [-0.2, -0.15) is 0 Å². The predicted octanol–water partition coefficient (Wildman–Crippen LogP) is 3.94. The maximum Gasteiger partial charge on any atom is 0.137 e. The number of aryl methyl sites for hydroxylation is 1. The molecule has 118 valence electrons. The maximum atomic E-state index is 4.91. The molecule has 1 aromatic heterocycles. The van der Waals surface area contributed by atoms with E-state index in [0.717, 1.165) is 36.8 Å². The predicted molar refractivity (Wildman–Crippen MR) is 90.2 cm³/mol. The molecule has 4 nitrogen and oxygen atoms in total. The number of nitrogens with zero attached hydrogens (tertiary/aromatic N) is 3. The molecule has 1 N–H and O–H groups in total. The molecule has 0 aliphatic carbocycles. The quantitative estimate of drug-likeness (QED) is 0.892. The van der Waals surface area contributed by atoms with Crippen LogP contribution in [-0.4, -0.2) is 29.6 Å². The highest BCUT2D eigenvalue weighted by atomic mass is 15.2. The fourth-order valence-corrected chi connectivity index (χ4v) is 3.29. The second-order valence-corrected chi connectivity index (χ2v) is 6.04. The summed E-state index contributed by atoms with van der Waals surface area (Å²) in [5.41, 5.74) is 1.19. The highest BCUT2D eigenvalue weighted by molar-refractivity contribution is 5.59. The standard InChI is InChI=1S/C17H30N4/c1-5-10-15-19-16(18-4)13(3)17(20-15)21-12-9-7-8-11-14(21)6-2/h14H,5-12H2,1-4H3,(H,18,19,20). The van der Waals surface area contributed by atoms with Crippen molar-refractivity contribution in [2.45, 2.75) is 71.8 Å². The lowest BCUT2D eigenvalue weighted by molar-refractivity contribution is 0.550. The molecule has 0 saturated carbocycles. The van der Waals surface area contributed by atoms with E-state index in [2.05, 4.69) is 36.0 Å². The zero-order chi connectivity index (χ0) is 15.2. The SMILES string of the molecule is CCCc1nc(NC)c(C)c(N2CCCCCC2CC)n1. The van der Waals surface area contributed by atoms with Crippen LogP contribution < -0.4 is 10.2 Å². The first-order valence-electron chi connectivity index (χ1n) is 8.53. The zero-order valence-electron chi connectivity index (χ0n) is 14.1. The summed E-state index contributed by atoms with van der Waals surface area (Å²) < 4.78 is 0. The van der Waals surface area contributed by atoms with Crippen LogP contribution in [-0.2, 0) is 6.42 Å². The van der Waals surface area contributed by atoms with Gasteiger partial charge in [-0.25, -0.2) is 9.97 Å². The number of aromatic nitrogens is 2. The van der Waals surface area contributed by atoms with Gasteiger partial charge in [-0.1, -0.05) is 26.7 Å². The van der Waals surface area contributed by atoms with E-state index in [1.165, 1.54) is 37.7 Å². The molecule has 1 fully saturated rings. The topological polar surface area (TPSA) is 41.1 Å². The van der Waals surface area contributed by atoms with Crippen molar-refractivity contribution in [2.75, 3.05) is 23.8 Å². The van der Waals surface area contributed by atoms with Gasteiger partial charge in [0.05, 0.1) is 0 Å². The number of nitrogens with one attached hydrogen (secondary N) is 1. The second kappa shape index (κ2) is 7.62. The Morgan fingerprint density at radius 2 is 2.00 bits per heavy atom. The minimum Gasteiger partial charge on any atom is -0.373 e. The summed E-state index contributed by atoms with van der Waals surface area (Å²) in [5.74, 6) is 3.12. The molecule has 1 aliphatic heterocycles. The fraction of sp³-hybridized carbons (Fsp3) is 0.765. The lowest BCUT2D eigenvalue weighted by Crippen LogP contribution is -2.36. The van der Waals surface area contributed by atoms with Gasteiger partial charge in [0, 0.05) is 31.6 Å². The van der Waals surface area contributed by atoms with Crippen molar-refractivity contribution in [3.8, 4) is 0 Å². The summed E-state index contributed by atoms with van der Waals surface area (Å²) in [7, 11) is 1.95. The van der Waals surface area contributed by atoms with E-state index in [1.807, 2.05) is 7.05 Å². The first kappa shape index (κ1) is 16.1. The summed E-state index contributed by atoms with van der Waals surface area (Å²) >= 11 is 0. The summed E-state index contributed by atoms with van der Waals surface area (Å²) in [4.78, 5) is 12.1. The average Bonchev–Trinajstić information content (AvgIpc) is 2.74. The molecule has 0 bridgehead atoms. The molecule has 1 aromatic rings. The molecule has 4 heteroatoms. The molecule has 0 amide bonds. The largest absolute Gasteiger partial charge is 0.373 e. The molecule has 1 unspecified atom stereocenters. The highest BCUT2D eigenvalue weighted by Gasteiger charge is 2.24. The molecule has 21 heavy (non-hydrogen) atoms. The summed E-state index contributed by atoms with van der Waals surface area (Å²) in [6.07, 6.45) is 8.49. The number of anilines is 2. The molecule has 0 aromatic carbocycles. The molecule has 2 heterocycles. The molecule has 1 saturated heterocycles. The normalized spacial score (nSPS) is 19.4. The lowest BCUT2D eigenvalue weighted by Gasteiger charge is -2.32. The van der Waals surface area contributed by atoms with Crippen LogP contribution in [0.5, 0.6) is 0 Å². The molecule has 0 spiro atoms. The minimum atomic E-state index is 0.625. The van der Waals surface area contributed by atoms with Gasteiger partial charge in [-0.15, -0.1) is 0 Å². The molecule has 0 radical (unpaired) electrons. The van der Waals surface area contributed by atoms with Gasteiger partial charge in [0.15, 0.2) is 0 Å². The van der Waals surface area contributed by atoms with Crippen molar-refractivity contribution in [1.82, 2.24) is 9.97 Å². The molecule has 1 aliphatic rings. The Balaban J connectivity index is 2.41. The zero-order valence-corrected chi connectivity index (χ0v) is 14.1. The Bertz CT molecular complexity index is 458. The lowest BCUT2D eigenvalue weighted by atomic mass is 10.1. The van der Waals surface area contributed by atoms with E-state index in [-0.39, 0.29) is 0 Å². The van der Waals surface area contributed by atoms with Crippen molar-refractivity contribution < 1.29 is 0 Å². The molecule has 1 atom stereocenters. The number of hydrogen-bond acceptors (Lipinski definition) is 4. The van der Waals surface area contributed by atoms with Crippen LogP contribution in [0.1, 0.15) is 63.8 Å². The summed E-state index contributed by atoms with van der Waals surface area (Å²) in [5, 5.41) is 3.24. The summed E-state index contributed by atoms with van der Waals surface area (Å²) in [6.45, 7) is 7.76. The van der Waals surface area contributed by atoms with E-state index < -0.39 is 0 Å². The van der Waals surface area contributed by atoms with Gasteiger partial charge >= 0.3 is 0 Å². The van der Waals surface area contributed by atoms with Crippen LogP contribution in [0, 0.1) is 6.92 Å². The van der Waals surface area contributed by atoms with Crippen molar-refractivity contribution in [2.24, 2.45) is 0 Å². The van der Waals surface area contributed by atoms with Crippen LogP contribution in [0.15, 0.2) is 0 Å². The Labute approximate surface area is 129 Å².